The van der Waals surface area contributed by atoms with Crippen LogP contribution in [-0.2, 0) is 9.47 Å². The van der Waals surface area contributed by atoms with E-state index >= 15 is 0 Å². The van der Waals surface area contributed by atoms with Crippen LogP contribution < -0.4 is 5.32 Å². The Balaban J connectivity index is 0.00000272. The quantitative estimate of drug-likeness (QED) is 0.349. The number of benzene rings is 1. The zero-order chi connectivity index (χ0) is 20.8. The van der Waals surface area contributed by atoms with Crippen molar-refractivity contribution < 1.29 is 9.47 Å². The van der Waals surface area contributed by atoms with Crippen LogP contribution in [0.2, 0.25) is 0 Å². The monoisotopic (exact) mass is 543 g/mol. The minimum atomic E-state index is 0. The van der Waals surface area contributed by atoms with Crippen molar-refractivity contribution in [1.82, 2.24) is 20.0 Å². The summed E-state index contributed by atoms with van der Waals surface area (Å²) < 4.78 is 11.1. The van der Waals surface area contributed by atoms with Crippen molar-refractivity contribution in [3.05, 3.63) is 35.4 Å². The maximum atomic E-state index is 5.59. The van der Waals surface area contributed by atoms with Gasteiger partial charge in [0.25, 0.3) is 0 Å². The summed E-state index contributed by atoms with van der Waals surface area (Å²) in [6.07, 6.45) is 1.20. The van der Waals surface area contributed by atoms with Gasteiger partial charge >= 0.3 is 0 Å². The first-order chi connectivity index (χ1) is 14.7. The number of nitrogens with zero attached hydrogens (tertiary/aromatic N) is 4. The Morgan fingerprint density at radius 2 is 1.68 bits per heavy atom. The van der Waals surface area contributed by atoms with E-state index in [2.05, 4.69) is 56.2 Å². The highest BCUT2D eigenvalue weighted by Crippen LogP contribution is 2.22. The molecule has 3 fully saturated rings. The van der Waals surface area contributed by atoms with Crippen LogP contribution in [0.15, 0.2) is 29.3 Å². The third kappa shape index (κ3) is 6.54. The normalized spacial score (nSPS) is 24.6. The first kappa shape index (κ1) is 24.7. The Morgan fingerprint density at radius 3 is 2.32 bits per heavy atom. The molecule has 2 atom stereocenters. The second-order valence-corrected chi connectivity index (χ2v) is 8.54. The number of rotatable bonds is 5. The smallest absolute Gasteiger partial charge is 0.193 e. The number of guanidine groups is 1. The zero-order valence-corrected chi connectivity index (χ0v) is 21.3. The van der Waals surface area contributed by atoms with Gasteiger partial charge in [-0.2, -0.15) is 0 Å². The van der Waals surface area contributed by atoms with Crippen LogP contribution in [0.4, 0.5) is 0 Å². The summed E-state index contributed by atoms with van der Waals surface area (Å²) in [5.41, 5.74) is 2.66. The fraction of sp³-hybridized carbons (Fsp3) is 0.696. The van der Waals surface area contributed by atoms with Crippen molar-refractivity contribution in [3.8, 4) is 0 Å². The number of hydrogen-bond acceptors (Lipinski definition) is 5. The highest BCUT2D eigenvalue weighted by molar-refractivity contribution is 14.0. The lowest BCUT2D eigenvalue weighted by Gasteiger charge is -2.36. The molecule has 2 unspecified atom stereocenters. The number of morpholine rings is 2. The lowest BCUT2D eigenvalue weighted by Crippen LogP contribution is -2.48. The van der Waals surface area contributed by atoms with E-state index in [1.165, 1.54) is 17.5 Å². The number of ether oxygens (including phenoxy) is 2. The molecule has 1 N–H and O–H groups in total. The summed E-state index contributed by atoms with van der Waals surface area (Å²) in [6, 6.07) is 9.90. The molecular formula is C23H38IN5O2. The molecule has 4 rings (SSSR count). The third-order valence-electron chi connectivity index (χ3n) is 6.64. The molecule has 1 aromatic carbocycles. The fourth-order valence-electron chi connectivity index (χ4n) is 4.83. The van der Waals surface area contributed by atoms with Crippen LogP contribution in [0.1, 0.15) is 23.6 Å². The summed E-state index contributed by atoms with van der Waals surface area (Å²) in [6.45, 7) is 12.5. The van der Waals surface area contributed by atoms with Gasteiger partial charge in [-0.1, -0.05) is 29.8 Å². The number of hydrogen-bond donors (Lipinski definition) is 1. The lowest BCUT2D eigenvalue weighted by molar-refractivity contribution is 0.0167. The molecule has 1 aromatic rings. The minimum Gasteiger partial charge on any atom is -0.379 e. The molecule has 0 aliphatic carbocycles. The van der Waals surface area contributed by atoms with Gasteiger partial charge in [-0.15, -0.1) is 24.0 Å². The van der Waals surface area contributed by atoms with Gasteiger partial charge in [-0.05, 0) is 18.9 Å². The van der Waals surface area contributed by atoms with Gasteiger partial charge in [0.15, 0.2) is 5.96 Å². The van der Waals surface area contributed by atoms with Gasteiger partial charge in [0, 0.05) is 58.9 Å². The van der Waals surface area contributed by atoms with E-state index in [1.54, 1.807) is 0 Å². The van der Waals surface area contributed by atoms with Crippen molar-refractivity contribution >= 4 is 29.9 Å². The van der Waals surface area contributed by atoms with E-state index in [0.29, 0.717) is 12.1 Å². The molecule has 0 spiro atoms. The molecule has 0 aromatic heterocycles. The average Bonchev–Trinajstić information content (AvgIpc) is 3.29. The highest BCUT2D eigenvalue weighted by Gasteiger charge is 2.31. The Bertz CT molecular complexity index is 690. The van der Waals surface area contributed by atoms with E-state index in [-0.39, 0.29) is 24.0 Å². The van der Waals surface area contributed by atoms with Gasteiger partial charge < -0.3 is 19.7 Å². The summed E-state index contributed by atoms with van der Waals surface area (Å²) in [7, 11) is 1.90. The van der Waals surface area contributed by atoms with E-state index in [0.717, 1.165) is 78.2 Å². The molecule has 3 aliphatic rings. The van der Waals surface area contributed by atoms with Gasteiger partial charge in [0.05, 0.1) is 32.5 Å². The molecule has 0 radical (unpaired) electrons. The Morgan fingerprint density at radius 1 is 1.03 bits per heavy atom. The van der Waals surface area contributed by atoms with Crippen LogP contribution in [0.25, 0.3) is 0 Å². The van der Waals surface area contributed by atoms with Crippen LogP contribution >= 0.6 is 24.0 Å². The molecule has 7 nitrogen and oxygen atoms in total. The molecule has 3 aliphatic heterocycles. The van der Waals surface area contributed by atoms with E-state index in [4.69, 9.17) is 9.47 Å². The van der Waals surface area contributed by atoms with Crippen LogP contribution in [0.5, 0.6) is 0 Å². The maximum absolute atomic E-state index is 5.59. The second-order valence-electron chi connectivity index (χ2n) is 8.54. The Kier molecular flexibility index (Phi) is 9.83. The van der Waals surface area contributed by atoms with E-state index in [1.807, 2.05) is 7.05 Å². The molecule has 8 heteroatoms. The predicted molar refractivity (Wildman–Crippen MR) is 135 cm³/mol. The number of aliphatic imine (C=N–C) groups is 1. The topological polar surface area (TPSA) is 52.6 Å². The minimum absolute atomic E-state index is 0. The van der Waals surface area contributed by atoms with E-state index in [9.17, 15) is 0 Å². The first-order valence-electron chi connectivity index (χ1n) is 11.4. The van der Waals surface area contributed by atoms with Gasteiger partial charge in [-0.3, -0.25) is 14.8 Å². The number of likely N-dealkylation sites (tertiary alicyclic amines) is 1. The van der Waals surface area contributed by atoms with Gasteiger partial charge in [0.1, 0.15) is 0 Å². The predicted octanol–water partition coefficient (Wildman–Crippen LogP) is 1.97. The largest absolute Gasteiger partial charge is 0.379 e. The molecule has 0 amide bonds. The fourth-order valence-corrected chi connectivity index (χ4v) is 4.83. The summed E-state index contributed by atoms with van der Waals surface area (Å²) in [5, 5.41) is 3.70. The number of nitrogens with one attached hydrogen (secondary N) is 1. The van der Waals surface area contributed by atoms with Crippen LogP contribution in [-0.4, -0.2) is 106 Å². The number of halogens is 1. The standard InChI is InChI=1S/C23H37N5O2.HI/c1-19-3-5-20(6-4-19)22(27-11-15-30-16-12-27)17-25-23(24-2)28-8-7-21(18-28)26-9-13-29-14-10-26;/h3-6,21-22H,7-18H2,1-2H3,(H,24,25);1H. The van der Waals surface area contributed by atoms with Crippen molar-refractivity contribution in [2.75, 3.05) is 79.3 Å². The van der Waals surface area contributed by atoms with Crippen LogP contribution in [0.3, 0.4) is 0 Å². The number of aryl methyl sites for hydroxylation is 1. The van der Waals surface area contributed by atoms with Crippen LogP contribution in [0, 0.1) is 6.92 Å². The average molecular weight is 543 g/mol. The van der Waals surface area contributed by atoms with Gasteiger partial charge in [0.2, 0.25) is 0 Å². The zero-order valence-electron chi connectivity index (χ0n) is 19.0. The highest BCUT2D eigenvalue weighted by atomic mass is 127. The van der Waals surface area contributed by atoms with Crippen molar-refractivity contribution in [2.24, 2.45) is 4.99 Å². The first-order valence-corrected chi connectivity index (χ1v) is 11.4. The summed E-state index contributed by atoms with van der Waals surface area (Å²) >= 11 is 0. The van der Waals surface area contributed by atoms with Gasteiger partial charge in [-0.25, -0.2) is 0 Å². The van der Waals surface area contributed by atoms with E-state index < -0.39 is 0 Å². The maximum Gasteiger partial charge on any atom is 0.193 e. The van der Waals surface area contributed by atoms with Crippen molar-refractivity contribution in [1.29, 1.82) is 0 Å². The molecule has 3 heterocycles. The van der Waals surface area contributed by atoms with Crippen molar-refractivity contribution in [2.45, 2.75) is 25.4 Å². The molecule has 0 saturated carbocycles. The Labute approximate surface area is 204 Å². The second kappa shape index (κ2) is 12.3. The molecular weight excluding hydrogens is 505 g/mol. The molecule has 3 saturated heterocycles. The van der Waals surface area contributed by atoms with Crippen molar-refractivity contribution in [3.63, 3.8) is 0 Å². The third-order valence-corrected chi connectivity index (χ3v) is 6.64. The lowest BCUT2D eigenvalue weighted by atomic mass is 10.0. The molecule has 31 heavy (non-hydrogen) atoms. The molecule has 0 bridgehead atoms. The summed E-state index contributed by atoms with van der Waals surface area (Å²) in [5.74, 6) is 1.02. The Hall–Kier alpha value is -0.940. The summed E-state index contributed by atoms with van der Waals surface area (Å²) in [4.78, 5) is 12.2. The SMILES string of the molecule is CN=C(NCC(c1ccc(C)cc1)N1CCOCC1)N1CCC(N2CCOCC2)C1.I. The molecule has 174 valence electrons.